The van der Waals surface area contributed by atoms with Gasteiger partial charge < -0.3 is 10.0 Å². The van der Waals surface area contributed by atoms with Crippen molar-refractivity contribution in [1.29, 1.82) is 0 Å². The van der Waals surface area contributed by atoms with Gasteiger partial charge in [0.25, 0.3) is 10.0 Å². The van der Waals surface area contributed by atoms with Gasteiger partial charge in [-0.3, -0.25) is 4.72 Å². The number of benzene rings is 2. The van der Waals surface area contributed by atoms with Crippen LogP contribution in [0.25, 0.3) is 0 Å². The normalized spacial score (nSPS) is 11.5. The molecule has 2 N–H and O–H groups in total. The van der Waals surface area contributed by atoms with Crippen molar-refractivity contribution in [3.05, 3.63) is 53.6 Å². The Labute approximate surface area is 180 Å². The van der Waals surface area contributed by atoms with Gasteiger partial charge >= 0.3 is 5.97 Å². The lowest BCUT2D eigenvalue weighted by Crippen LogP contribution is -2.26. The molecule has 30 heavy (non-hydrogen) atoms. The van der Waals surface area contributed by atoms with Crippen LogP contribution in [0.5, 0.6) is 0 Å². The van der Waals surface area contributed by atoms with E-state index in [0.29, 0.717) is 18.2 Å². The number of aromatic carboxylic acids is 1. The molecule has 0 aliphatic carbocycles. The van der Waals surface area contributed by atoms with Crippen LogP contribution in [-0.2, 0) is 16.4 Å². The van der Waals surface area contributed by atoms with Gasteiger partial charge in [-0.05, 0) is 61.6 Å². The van der Waals surface area contributed by atoms with Crippen LogP contribution in [0, 0.1) is 5.92 Å². The summed E-state index contributed by atoms with van der Waals surface area (Å²) < 4.78 is 28.0. The molecule has 2 aromatic rings. The van der Waals surface area contributed by atoms with E-state index in [1.807, 2.05) is 24.0 Å². The molecule has 0 aromatic heterocycles. The van der Waals surface area contributed by atoms with Gasteiger partial charge in [0.05, 0.1) is 16.1 Å². The quantitative estimate of drug-likeness (QED) is 0.521. The first kappa shape index (κ1) is 23.7. The van der Waals surface area contributed by atoms with Crippen LogP contribution in [-0.4, -0.2) is 32.6 Å². The van der Waals surface area contributed by atoms with E-state index in [1.54, 1.807) is 24.3 Å². The molecule has 0 unspecified atom stereocenters. The number of sulfonamides is 1. The number of unbranched alkanes of at least 4 members (excludes halogenated alkanes) is 1. The molecule has 7 heteroatoms. The molecular formula is C23H32N2O4S. The molecular weight excluding hydrogens is 400 g/mol. The van der Waals surface area contributed by atoms with Crippen LogP contribution >= 0.6 is 0 Å². The van der Waals surface area contributed by atoms with Crippen molar-refractivity contribution < 1.29 is 18.3 Å². The second-order valence-corrected chi connectivity index (χ2v) is 9.50. The molecule has 0 aliphatic rings. The molecule has 2 rings (SSSR count). The van der Waals surface area contributed by atoms with E-state index < -0.39 is 16.0 Å². The number of carbonyl (C=O) groups is 1. The minimum Gasteiger partial charge on any atom is -0.478 e. The minimum absolute atomic E-state index is 0.0837. The molecule has 0 radical (unpaired) electrons. The zero-order valence-corrected chi connectivity index (χ0v) is 19.0. The third-order valence-corrected chi connectivity index (χ3v) is 6.26. The van der Waals surface area contributed by atoms with Crippen LogP contribution in [0.15, 0.2) is 47.4 Å². The first-order valence-corrected chi connectivity index (χ1v) is 11.9. The fourth-order valence-corrected chi connectivity index (χ4v) is 4.38. The van der Waals surface area contributed by atoms with Gasteiger partial charge in [-0.25, -0.2) is 13.2 Å². The Morgan fingerprint density at radius 1 is 1.10 bits per heavy atom. The Hall–Kier alpha value is -2.54. The molecule has 2 aromatic carbocycles. The number of nitrogens with one attached hydrogen (secondary N) is 1. The van der Waals surface area contributed by atoms with Crippen LogP contribution in [0.1, 0.15) is 56.5 Å². The number of anilines is 2. The van der Waals surface area contributed by atoms with Crippen LogP contribution < -0.4 is 9.62 Å². The molecule has 6 nitrogen and oxygen atoms in total. The Bertz CT molecular complexity index is 954. The summed E-state index contributed by atoms with van der Waals surface area (Å²) in [4.78, 5) is 14.0. The predicted octanol–water partition coefficient (Wildman–Crippen LogP) is 5.01. The molecule has 0 spiro atoms. The number of nitrogens with zero attached hydrogens (tertiary/aromatic N) is 1. The lowest BCUT2D eigenvalue weighted by molar-refractivity contribution is 0.0697. The standard InChI is InChI=1S/C23H32N2O4S/c1-5-7-14-25(6-2)22-13-10-19(16-21(22)23(26)27)24-30(28,29)20-11-8-18(9-12-20)15-17(3)4/h8-13,16-17,24H,5-7,14-15H2,1-4H3,(H,26,27). The highest BCUT2D eigenvalue weighted by molar-refractivity contribution is 7.92. The Balaban J connectivity index is 2.28. The van der Waals surface area contributed by atoms with E-state index in [9.17, 15) is 18.3 Å². The number of carboxylic acids is 1. The third kappa shape index (κ3) is 6.23. The van der Waals surface area contributed by atoms with Gasteiger partial charge in [0, 0.05) is 18.8 Å². The van der Waals surface area contributed by atoms with Gasteiger partial charge in [0.1, 0.15) is 0 Å². The van der Waals surface area contributed by atoms with Crippen molar-refractivity contribution in [1.82, 2.24) is 0 Å². The third-order valence-electron chi connectivity index (χ3n) is 4.86. The topological polar surface area (TPSA) is 86.7 Å². The molecule has 0 heterocycles. The summed E-state index contributed by atoms with van der Waals surface area (Å²) in [7, 11) is -3.81. The molecule has 164 valence electrons. The van der Waals surface area contributed by atoms with Gasteiger partial charge in [0.15, 0.2) is 0 Å². The molecule has 0 aliphatic heterocycles. The monoisotopic (exact) mass is 432 g/mol. The molecule has 0 saturated heterocycles. The molecule has 0 atom stereocenters. The highest BCUT2D eigenvalue weighted by Gasteiger charge is 2.19. The van der Waals surface area contributed by atoms with Gasteiger partial charge in [-0.2, -0.15) is 0 Å². The maximum absolute atomic E-state index is 12.8. The predicted molar refractivity (Wildman–Crippen MR) is 122 cm³/mol. The maximum atomic E-state index is 12.8. The molecule has 0 saturated carbocycles. The van der Waals surface area contributed by atoms with E-state index in [4.69, 9.17) is 0 Å². The smallest absolute Gasteiger partial charge is 0.337 e. The average molecular weight is 433 g/mol. The van der Waals surface area contributed by atoms with Crippen LogP contribution in [0.4, 0.5) is 11.4 Å². The summed E-state index contributed by atoms with van der Waals surface area (Å²) in [5.41, 5.74) is 1.99. The summed E-state index contributed by atoms with van der Waals surface area (Å²) in [6, 6.07) is 11.5. The zero-order valence-electron chi connectivity index (χ0n) is 18.2. The second-order valence-electron chi connectivity index (χ2n) is 7.82. The van der Waals surface area contributed by atoms with Crippen molar-refractivity contribution in [2.75, 3.05) is 22.7 Å². The first-order chi connectivity index (χ1) is 14.2. The van der Waals surface area contributed by atoms with Gasteiger partial charge in [-0.1, -0.05) is 39.3 Å². The summed E-state index contributed by atoms with van der Waals surface area (Å²) in [6.45, 7) is 9.70. The van der Waals surface area contributed by atoms with E-state index in [-0.39, 0.29) is 16.1 Å². The fourth-order valence-electron chi connectivity index (χ4n) is 3.33. The molecule has 0 bridgehead atoms. The number of hydrogen-bond acceptors (Lipinski definition) is 4. The fraction of sp³-hybridized carbons (Fsp3) is 0.435. The van der Waals surface area contributed by atoms with E-state index in [0.717, 1.165) is 31.4 Å². The van der Waals surface area contributed by atoms with Crippen molar-refractivity contribution >= 4 is 27.4 Å². The number of hydrogen-bond donors (Lipinski definition) is 2. The lowest BCUT2D eigenvalue weighted by Gasteiger charge is -2.25. The van der Waals surface area contributed by atoms with E-state index >= 15 is 0 Å². The van der Waals surface area contributed by atoms with Crippen LogP contribution in [0.2, 0.25) is 0 Å². The van der Waals surface area contributed by atoms with Crippen molar-refractivity contribution in [3.8, 4) is 0 Å². The summed E-state index contributed by atoms with van der Waals surface area (Å²) >= 11 is 0. The number of rotatable bonds is 11. The highest BCUT2D eigenvalue weighted by Crippen LogP contribution is 2.27. The van der Waals surface area contributed by atoms with Gasteiger partial charge in [0.2, 0.25) is 0 Å². The van der Waals surface area contributed by atoms with Gasteiger partial charge in [-0.15, -0.1) is 0 Å². The van der Waals surface area contributed by atoms with Crippen molar-refractivity contribution in [2.24, 2.45) is 5.92 Å². The molecule has 0 amide bonds. The molecule has 0 fully saturated rings. The minimum atomic E-state index is -3.81. The SMILES string of the molecule is CCCCN(CC)c1ccc(NS(=O)(=O)c2ccc(CC(C)C)cc2)cc1C(=O)O. The van der Waals surface area contributed by atoms with Crippen molar-refractivity contribution in [2.45, 2.75) is 51.9 Å². The Kier molecular flexibility index (Phi) is 8.29. The second kappa shape index (κ2) is 10.5. The average Bonchev–Trinajstić information content (AvgIpc) is 2.69. The Morgan fingerprint density at radius 3 is 2.30 bits per heavy atom. The highest BCUT2D eigenvalue weighted by atomic mass is 32.2. The van der Waals surface area contributed by atoms with Crippen LogP contribution in [0.3, 0.4) is 0 Å². The Morgan fingerprint density at radius 2 is 1.77 bits per heavy atom. The number of carboxylic acid groups (broad SMARTS) is 1. The largest absolute Gasteiger partial charge is 0.478 e. The van der Waals surface area contributed by atoms with E-state index in [2.05, 4.69) is 25.5 Å². The first-order valence-electron chi connectivity index (χ1n) is 10.4. The zero-order chi connectivity index (χ0) is 22.3. The van der Waals surface area contributed by atoms with E-state index in [1.165, 1.54) is 6.07 Å². The van der Waals surface area contributed by atoms with Crippen molar-refractivity contribution in [3.63, 3.8) is 0 Å². The maximum Gasteiger partial charge on any atom is 0.337 e. The summed E-state index contributed by atoms with van der Waals surface area (Å²) in [5, 5.41) is 9.67. The summed E-state index contributed by atoms with van der Waals surface area (Å²) in [6.07, 6.45) is 2.84. The summed E-state index contributed by atoms with van der Waals surface area (Å²) in [5.74, 6) is -0.599. The lowest BCUT2D eigenvalue weighted by atomic mass is 10.0.